The van der Waals surface area contributed by atoms with Gasteiger partial charge < -0.3 is 15.2 Å². The van der Waals surface area contributed by atoms with Gasteiger partial charge in [-0.15, -0.1) is 0 Å². The highest BCUT2D eigenvalue weighted by Gasteiger charge is 2.36. The van der Waals surface area contributed by atoms with Crippen molar-refractivity contribution >= 4 is 11.8 Å². The fourth-order valence-corrected chi connectivity index (χ4v) is 3.76. The first kappa shape index (κ1) is 15.9. The predicted molar refractivity (Wildman–Crippen MR) is 93.4 cm³/mol. The Morgan fingerprint density at radius 2 is 2.04 bits per heavy atom. The largest absolute Gasteiger partial charge is 0.355 e. The number of piperidine rings is 1. The second-order valence-electron chi connectivity index (χ2n) is 6.80. The van der Waals surface area contributed by atoms with E-state index >= 15 is 0 Å². The van der Waals surface area contributed by atoms with Crippen LogP contribution in [-0.2, 0) is 9.59 Å². The van der Waals surface area contributed by atoms with E-state index in [1.165, 1.54) is 0 Å². The molecule has 4 rings (SSSR count). The number of amides is 2. The maximum atomic E-state index is 12.9. The molecule has 1 aromatic carbocycles. The topological polar surface area (TPSA) is 78.1 Å². The lowest BCUT2D eigenvalue weighted by atomic mass is 9.98. The Kier molecular flexibility index (Phi) is 4.26. The van der Waals surface area contributed by atoms with Crippen molar-refractivity contribution in [3.05, 3.63) is 42.4 Å². The normalized spacial score (nSPS) is 23.5. The highest BCUT2D eigenvalue weighted by atomic mass is 16.2. The number of imidazole rings is 1. The van der Waals surface area contributed by atoms with Gasteiger partial charge in [0.15, 0.2) is 0 Å². The molecular formula is C19H22N4O2. The van der Waals surface area contributed by atoms with Crippen molar-refractivity contribution in [3.8, 4) is 11.3 Å². The zero-order valence-corrected chi connectivity index (χ0v) is 14.1. The lowest BCUT2D eigenvalue weighted by molar-refractivity contribution is -0.139. The first-order valence-corrected chi connectivity index (χ1v) is 8.90. The molecule has 6 heteroatoms. The Bertz CT molecular complexity index is 771. The minimum atomic E-state index is -0.239. The zero-order valence-electron chi connectivity index (χ0n) is 14.1. The fraction of sp³-hybridized carbons (Fsp3) is 0.421. The zero-order chi connectivity index (χ0) is 17.2. The van der Waals surface area contributed by atoms with Crippen LogP contribution in [0.15, 0.2) is 36.5 Å². The van der Waals surface area contributed by atoms with Crippen molar-refractivity contribution in [2.24, 2.45) is 5.92 Å². The van der Waals surface area contributed by atoms with Crippen LogP contribution in [0.3, 0.4) is 0 Å². The number of carbonyl (C=O) groups is 2. The number of nitrogens with one attached hydrogen (secondary N) is 2. The van der Waals surface area contributed by atoms with Gasteiger partial charge in [0.25, 0.3) is 0 Å². The van der Waals surface area contributed by atoms with Crippen LogP contribution in [0.5, 0.6) is 0 Å². The molecule has 0 radical (unpaired) electrons. The third-order valence-corrected chi connectivity index (χ3v) is 5.11. The van der Waals surface area contributed by atoms with Crippen LogP contribution in [0.4, 0.5) is 0 Å². The molecule has 0 aliphatic carbocycles. The summed E-state index contributed by atoms with van der Waals surface area (Å²) in [5.74, 6) is 0.637. The van der Waals surface area contributed by atoms with Gasteiger partial charge in [-0.05, 0) is 24.8 Å². The van der Waals surface area contributed by atoms with Gasteiger partial charge in [-0.1, -0.05) is 30.3 Å². The molecule has 0 bridgehead atoms. The molecule has 2 aliphatic heterocycles. The summed E-state index contributed by atoms with van der Waals surface area (Å²) in [6.07, 6.45) is 5.12. The molecule has 2 saturated heterocycles. The molecule has 25 heavy (non-hydrogen) atoms. The van der Waals surface area contributed by atoms with Crippen LogP contribution >= 0.6 is 0 Å². The van der Waals surface area contributed by atoms with Gasteiger partial charge in [-0.2, -0.15) is 0 Å². The van der Waals surface area contributed by atoms with E-state index in [0.717, 1.165) is 42.9 Å². The van der Waals surface area contributed by atoms with Crippen LogP contribution in [0.25, 0.3) is 11.3 Å². The maximum Gasteiger partial charge on any atom is 0.228 e. The third kappa shape index (κ3) is 3.16. The van der Waals surface area contributed by atoms with Crippen molar-refractivity contribution in [1.29, 1.82) is 0 Å². The van der Waals surface area contributed by atoms with Crippen molar-refractivity contribution in [2.45, 2.75) is 31.7 Å². The Labute approximate surface area is 146 Å². The van der Waals surface area contributed by atoms with Crippen LogP contribution in [0.2, 0.25) is 0 Å². The molecule has 0 unspecified atom stereocenters. The molecule has 2 aromatic rings. The van der Waals surface area contributed by atoms with Gasteiger partial charge in [-0.25, -0.2) is 4.98 Å². The summed E-state index contributed by atoms with van der Waals surface area (Å²) in [6.45, 7) is 1.18. The number of carbonyl (C=O) groups excluding carboxylic acids is 2. The predicted octanol–water partition coefficient (Wildman–Crippen LogP) is 2.27. The summed E-state index contributed by atoms with van der Waals surface area (Å²) in [5.41, 5.74) is 2.05. The highest BCUT2D eigenvalue weighted by Crippen LogP contribution is 2.32. The molecule has 2 atom stereocenters. The Balaban J connectivity index is 1.56. The van der Waals surface area contributed by atoms with E-state index in [-0.39, 0.29) is 23.8 Å². The lowest BCUT2D eigenvalue weighted by Crippen LogP contribution is -2.42. The molecule has 2 aliphatic rings. The van der Waals surface area contributed by atoms with E-state index in [9.17, 15) is 9.59 Å². The number of hydrogen-bond donors (Lipinski definition) is 2. The first-order valence-electron chi connectivity index (χ1n) is 8.90. The smallest absolute Gasteiger partial charge is 0.228 e. The number of hydrogen-bond acceptors (Lipinski definition) is 3. The van der Waals surface area contributed by atoms with Crippen LogP contribution in [-0.4, -0.2) is 39.8 Å². The summed E-state index contributed by atoms with van der Waals surface area (Å²) in [4.78, 5) is 34.2. The van der Waals surface area contributed by atoms with Crippen molar-refractivity contribution < 1.29 is 9.59 Å². The van der Waals surface area contributed by atoms with Gasteiger partial charge in [0, 0.05) is 19.5 Å². The number of aromatic amines is 1. The van der Waals surface area contributed by atoms with Crippen LogP contribution in [0.1, 0.15) is 37.5 Å². The van der Waals surface area contributed by atoms with Gasteiger partial charge in [0.05, 0.1) is 23.9 Å². The Morgan fingerprint density at radius 3 is 2.80 bits per heavy atom. The second kappa shape index (κ2) is 6.70. The van der Waals surface area contributed by atoms with Gasteiger partial charge >= 0.3 is 0 Å². The summed E-state index contributed by atoms with van der Waals surface area (Å²) in [6, 6.07) is 10.0. The van der Waals surface area contributed by atoms with E-state index in [4.69, 9.17) is 0 Å². The molecular weight excluding hydrogens is 316 g/mol. The van der Waals surface area contributed by atoms with E-state index in [2.05, 4.69) is 15.3 Å². The van der Waals surface area contributed by atoms with Crippen molar-refractivity contribution in [1.82, 2.24) is 20.2 Å². The third-order valence-electron chi connectivity index (χ3n) is 5.11. The van der Waals surface area contributed by atoms with E-state index in [1.807, 2.05) is 41.4 Å². The van der Waals surface area contributed by atoms with Gasteiger partial charge in [-0.3, -0.25) is 9.59 Å². The monoisotopic (exact) mass is 338 g/mol. The standard InChI is InChI=1S/C19H22N4O2/c24-17-10-14(11-20-17)19(25)23-9-5-4-8-16(23)18-21-12-15(22-18)13-6-2-1-3-7-13/h1-3,6-7,12,14,16H,4-5,8-11H2,(H,20,24)(H,21,22)/t14-,16-/m1/s1. The summed E-state index contributed by atoms with van der Waals surface area (Å²) in [5, 5.41) is 2.76. The first-order chi connectivity index (χ1) is 12.2. The SMILES string of the molecule is O=C1C[C@@H](C(=O)N2CCCC[C@@H]2c2ncc(-c3ccccc3)[nH]2)CN1. The minimum absolute atomic E-state index is 0.0312. The van der Waals surface area contributed by atoms with E-state index in [1.54, 1.807) is 0 Å². The molecule has 6 nitrogen and oxygen atoms in total. The second-order valence-corrected chi connectivity index (χ2v) is 6.80. The van der Waals surface area contributed by atoms with Gasteiger partial charge in [0.2, 0.25) is 11.8 Å². The average Bonchev–Trinajstić information content (AvgIpc) is 3.31. The summed E-state index contributed by atoms with van der Waals surface area (Å²) < 4.78 is 0. The number of benzene rings is 1. The number of nitrogens with zero attached hydrogens (tertiary/aromatic N) is 2. The minimum Gasteiger partial charge on any atom is -0.355 e. The summed E-state index contributed by atoms with van der Waals surface area (Å²) in [7, 11) is 0. The van der Waals surface area contributed by atoms with E-state index in [0.29, 0.717) is 13.0 Å². The Morgan fingerprint density at radius 1 is 1.20 bits per heavy atom. The van der Waals surface area contributed by atoms with Crippen molar-refractivity contribution in [3.63, 3.8) is 0 Å². The number of H-pyrrole nitrogens is 1. The number of likely N-dealkylation sites (tertiary alicyclic amines) is 1. The average molecular weight is 338 g/mol. The van der Waals surface area contributed by atoms with Gasteiger partial charge in [0.1, 0.15) is 5.82 Å². The molecule has 0 spiro atoms. The molecule has 130 valence electrons. The Hall–Kier alpha value is -2.63. The molecule has 2 N–H and O–H groups in total. The van der Waals surface area contributed by atoms with Crippen LogP contribution < -0.4 is 5.32 Å². The number of aromatic nitrogens is 2. The molecule has 2 amide bonds. The molecule has 2 fully saturated rings. The summed E-state index contributed by atoms with van der Waals surface area (Å²) >= 11 is 0. The highest BCUT2D eigenvalue weighted by molar-refractivity contribution is 5.89. The maximum absolute atomic E-state index is 12.9. The lowest BCUT2D eigenvalue weighted by Gasteiger charge is -2.36. The number of rotatable bonds is 3. The fourth-order valence-electron chi connectivity index (χ4n) is 3.76. The van der Waals surface area contributed by atoms with Crippen LogP contribution in [0, 0.1) is 5.92 Å². The molecule has 0 saturated carbocycles. The van der Waals surface area contributed by atoms with Crippen molar-refractivity contribution in [2.75, 3.05) is 13.1 Å². The quantitative estimate of drug-likeness (QED) is 0.901. The molecule has 3 heterocycles. The van der Waals surface area contributed by atoms with E-state index < -0.39 is 0 Å². The molecule has 1 aromatic heterocycles.